The first-order valence-electron chi connectivity index (χ1n) is 9.61. The number of halogens is 4. The summed E-state index contributed by atoms with van der Waals surface area (Å²) in [4.78, 5) is 2.12. The number of aromatic nitrogens is 2. The molecule has 1 aliphatic rings. The number of methoxy groups -OCH3 is 1. The van der Waals surface area contributed by atoms with Gasteiger partial charge < -0.3 is 20.1 Å². The number of aliphatic hydroxyl groups excluding tert-OH is 1. The molecular formula is C21H22Cl4N4O2. The van der Waals surface area contributed by atoms with Gasteiger partial charge in [0.2, 0.25) is 0 Å². The minimum atomic E-state index is -0.268. The Morgan fingerprint density at radius 3 is 2.35 bits per heavy atom. The Kier molecular flexibility index (Phi) is 7.94. The lowest BCUT2D eigenvalue weighted by molar-refractivity contribution is 0.145. The first-order valence-corrected chi connectivity index (χ1v) is 10.7. The molecule has 1 aromatic heterocycles. The molecule has 2 heterocycles. The highest BCUT2D eigenvalue weighted by Gasteiger charge is 2.22. The molecule has 166 valence electrons. The molecule has 0 bridgehead atoms. The second kappa shape index (κ2) is 10.3. The number of nitrogens with one attached hydrogen (secondary N) is 1. The molecule has 0 radical (unpaired) electrons. The standard InChI is InChI=1S/C21H21Cl3N4O2.ClH/c1-30-19-3-2-12(8-18(19)24)11-25-20-14-9-16(22)17(23)10-15(14)21(27-26-20)28-6-4-13(29)5-7-28;/h2-3,8-10,13,29H,4-7,11H2,1H3,(H,25,26);1H. The Bertz CT molecular complexity index is 1070. The molecule has 31 heavy (non-hydrogen) atoms. The molecule has 0 saturated carbocycles. The van der Waals surface area contributed by atoms with Crippen LogP contribution in [-0.2, 0) is 6.54 Å². The van der Waals surface area contributed by atoms with Crippen LogP contribution in [0.3, 0.4) is 0 Å². The first-order chi connectivity index (χ1) is 14.5. The molecule has 0 amide bonds. The van der Waals surface area contributed by atoms with Crippen molar-refractivity contribution in [3.8, 4) is 5.75 Å². The second-order valence-electron chi connectivity index (χ2n) is 7.22. The van der Waals surface area contributed by atoms with E-state index < -0.39 is 0 Å². The smallest absolute Gasteiger partial charge is 0.159 e. The van der Waals surface area contributed by atoms with E-state index in [0.29, 0.717) is 59.1 Å². The van der Waals surface area contributed by atoms with Crippen LogP contribution < -0.4 is 15.0 Å². The van der Waals surface area contributed by atoms with Gasteiger partial charge in [0.15, 0.2) is 11.6 Å². The summed E-state index contributed by atoms with van der Waals surface area (Å²) in [5.41, 5.74) is 0.977. The number of rotatable bonds is 5. The Balaban J connectivity index is 0.00000272. The summed E-state index contributed by atoms with van der Waals surface area (Å²) < 4.78 is 5.20. The third-order valence-corrected chi connectivity index (χ3v) is 6.26. The van der Waals surface area contributed by atoms with E-state index in [2.05, 4.69) is 20.4 Å². The van der Waals surface area contributed by atoms with E-state index in [1.807, 2.05) is 24.3 Å². The minimum Gasteiger partial charge on any atom is -0.495 e. The van der Waals surface area contributed by atoms with Gasteiger partial charge in [0.25, 0.3) is 0 Å². The third kappa shape index (κ3) is 5.21. The average Bonchev–Trinajstić information content (AvgIpc) is 2.74. The fourth-order valence-corrected chi connectivity index (χ4v) is 4.19. The monoisotopic (exact) mass is 502 g/mol. The highest BCUT2D eigenvalue weighted by Crippen LogP contribution is 2.36. The first kappa shape index (κ1) is 24.0. The van der Waals surface area contributed by atoms with E-state index in [9.17, 15) is 5.11 Å². The van der Waals surface area contributed by atoms with Gasteiger partial charge in [0.05, 0.1) is 28.3 Å². The van der Waals surface area contributed by atoms with Crippen molar-refractivity contribution in [3.05, 3.63) is 51.0 Å². The largest absolute Gasteiger partial charge is 0.495 e. The molecule has 0 spiro atoms. The predicted octanol–water partition coefficient (Wildman–Crippen LogP) is 5.59. The van der Waals surface area contributed by atoms with Crippen molar-refractivity contribution in [2.24, 2.45) is 0 Å². The molecule has 0 unspecified atom stereocenters. The van der Waals surface area contributed by atoms with Crippen LogP contribution in [0.1, 0.15) is 18.4 Å². The molecular weight excluding hydrogens is 482 g/mol. The van der Waals surface area contributed by atoms with Crippen LogP contribution in [0.2, 0.25) is 15.1 Å². The zero-order chi connectivity index (χ0) is 21.3. The number of aliphatic hydroxyl groups is 1. The second-order valence-corrected chi connectivity index (χ2v) is 8.45. The third-order valence-electron chi connectivity index (χ3n) is 5.24. The van der Waals surface area contributed by atoms with Gasteiger partial charge in [0, 0.05) is 30.4 Å². The van der Waals surface area contributed by atoms with E-state index in [0.717, 1.165) is 22.2 Å². The van der Waals surface area contributed by atoms with Gasteiger partial charge in [-0.2, -0.15) is 0 Å². The molecule has 0 aliphatic carbocycles. The molecule has 0 atom stereocenters. The summed E-state index contributed by atoms with van der Waals surface area (Å²) >= 11 is 18.8. The lowest BCUT2D eigenvalue weighted by Crippen LogP contribution is -2.36. The molecule has 6 nitrogen and oxygen atoms in total. The maximum absolute atomic E-state index is 9.81. The maximum atomic E-state index is 9.81. The molecule has 1 saturated heterocycles. The van der Waals surface area contributed by atoms with E-state index in [1.165, 1.54) is 0 Å². The molecule has 10 heteroatoms. The number of anilines is 2. The van der Waals surface area contributed by atoms with Crippen molar-refractivity contribution in [3.63, 3.8) is 0 Å². The van der Waals surface area contributed by atoms with Gasteiger partial charge in [-0.3, -0.25) is 0 Å². The molecule has 2 N–H and O–H groups in total. The molecule has 4 rings (SSSR count). The predicted molar refractivity (Wildman–Crippen MR) is 130 cm³/mol. The lowest BCUT2D eigenvalue weighted by atomic mass is 10.1. The van der Waals surface area contributed by atoms with Gasteiger partial charge in [-0.25, -0.2) is 0 Å². The number of hydrogen-bond donors (Lipinski definition) is 2. The zero-order valence-corrected chi connectivity index (χ0v) is 19.8. The van der Waals surface area contributed by atoms with Crippen LogP contribution in [0.4, 0.5) is 11.6 Å². The summed E-state index contributed by atoms with van der Waals surface area (Å²) in [6.45, 7) is 1.92. The number of piperidine rings is 1. The summed E-state index contributed by atoms with van der Waals surface area (Å²) in [7, 11) is 1.58. The number of fused-ring (bicyclic) bond motifs is 1. The van der Waals surface area contributed by atoms with Crippen molar-refractivity contribution < 1.29 is 9.84 Å². The van der Waals surface area contributed by atoms with Crippen LogP contribution in [0, 0.1) is 0 Å². The molecule has 1 aliphatic heterocycles. The minimum absolute atomic E-state index is 0. The Morgan fingerprint density at radius 1 is 1.03 bits per heavy atom. The Hall–Kier alpha value is -1.70. The van der Waals surface area contributed by atoms with Gasteiger partial charge >= 0.3 is 0 Å². The molecule has 1 fully saturated rings. The van der Waals surface area contributed by atoms with E-state index in [4.69, 9.17) is 39.5 Å². The number of ether oxygens (including phenoxy) is 1. The number of hydrogen-bond acceptors (Lipinski definition) is 6. The summed E-state index contributed by atoms with van der Waals surface area (Å²) in [6.07, 6.45) is 1.13. The highest BCUT2D eigenvalue weighted by atomic mass is 35.5. The average molecular weight is 504 g/mol. The molecule has 3 aromatic rings. The SMILES string of the molecule is COc1ccc(CNc2nnc(N3CCC(O)CC3)c3cc(Cl)c(Cl)cc23)cc1Cl.Cl. The van der Waals surface area contributed by atoms with E-state index >= 15 is 0 Å². The Labute approximate surface area is 201 Å². The van der Waals surface area contributed by atoms with Crippen LogP contribution in [0.25, 0.3) is 10.8 Å². The summed E-state index contributed by atoms with van der Waals surface area (Å²) in [5, 5.41) is 25.2. The fourth-order valence-electron chi connectivity index (χ4n) is 3.58. The van der Waals surface area contributed by atoms with Crippen LogP contribution in [0.5, 0.6) is 5.75 Å². The van der Waals surface area contributed by atoms with Crippen molar-refractivity contribution >= 4 is 69.6 Å². The Morgan fingerprint density at radius 2 is 1.71 bits per heavy atom. The van der Waals surface area contributed by atoms with Gasteiger partial charge in [-0.05, 0) is 42.7 Å². The van der Waals surface area contributed by atoms with E-state index in [-0.39, 0.29) is 18.5 Å². The van der Waals surface area contributed by atoms with Gasteiger partial charge in [-0.1, -0.05) is 40.9 Å². The lowest BCUT2D eigenvalue weighted by Gasteiger charge is -2.31. The number of nitrogens with zero attached hydrogens (tertiary/aromatic N) is 3. The topological polar surface area (TPSA) is 70.5 Å². The van der Waals surface area contributed by atoms with Crippen molar-refractivity contribution in [2.75, 3.05) is 30.4 Å². The van der Waals surface area contributed by atoms with E-state index in [1.54, 1.807) is 13.2 Å². The normalized spacial score (nSPS) is 14.4. The van der Waals surface area contributed by atoms with Gasteiger partial charge in [0.1, 0.15) is 5.75 Å². The summed E-state index contributed by atoms with van der Waals surface area (Å²) in [5.74, 6) is 1.98. The molecule has 2 aromatic carbocycles. The van der Waals surface area contributed by atoms with Crippen LogP contribution >= 0.6 is 47.2 Å². The van der Waals surface area contributed by atoms with Crippen molar-refractivity contribution in [1.29, 1.82) is 0 Å². The zero-order valence-electron chi connectivity index (χ0n) is 16.7. The fraction of sp³-hybridized carbons (Fsp3) is 0.333. The quantitative estimate of drug-likeness (QED) is 0.472. The maximum Gasteiger partial charge on any atom is 0.159 e. The van der Waals surface area contributed by atoms with Crippen molar-refractivity contribution in [2.45, 2.75) is 25.5 Å². The van der Waals surface area contributed by atoms with Crippen LogP contribution in [0.15, 0.2) is 30.3 Å². The highest BCUT2D eigenvalue weighted by molar-refractivity contribution is 6.43. The van der Waals surface area contributed by atoms with Crippen molar-refractivity contribution in [1.82, 2.24) is 10.2 Å². The number of benzene rings is 2. The summed E-state index contributed by atoms with van der Waals surface area (Å²) in [6, 6.07) is 9.24. The van der Waals surface area contributed by atoms with Gasteiger partial charge in [-0.15, -0.1) is 22.6 Å². The van der Waals surface area contributed by atoms with Crippen LogP contribution in [-0.4, -0.2) is 41.6 Å².